The van der Waals surface area contributed by atoms with E-state index < -0.39 is 6.10 Å². The van der Waals surface area contributed by atoms with E-state index in [-0.39, 0.29) is 18.1 Å². The summed E-state index contributed by atoms with van der Waals surface area (Å²) in [5.74, 6) is -0.205. The van der Waals surface area contributed by atoms with Crippen LogP contribution in [0.1, 0.15) is 12.0 Å². The highest BCUT2D eigenvalue weighted by atomic mass is 16.5. The van der Waals surface area contributed by atoms with Crippen LogP contribution >= 0.6 is 0 Å². The monoisotopic (exact) mass is 233 g/mol. The average Bonchev–Trinajstić information content (AvgIpc) is 2.91. The summed E-state index contributed by atoms with van der Waals surface area (Å²) in [5, 5.41) is 9.80. The summed E-state index contributed by atoms with van der Waals surface area (Å²) in [4.78, 5) is 13.7. The molecule has 2 fully saturated rings. The van der Waals surface area contributed by atoms with Crippen LogP contribution in [0.2, 0.25) is 0 Å². The van der Waals surface area contributed by atoms with Gasteiger partial charge < -0.3 is 14.7 Å². The van der Waals surface area contributed by atoms with Gasteiger partial charge in [-0.05, 0) is 12.0 Å². The van der Waals surface area contributed by atoms with Crippen molar-refractivity contribution in [2.75, 3.05) is 6.61 Å². The molecule has 1 aromatic carbocycles. The fourth-order valence-electron chi connectivity index (χ4n) is 2.68. The van der Waals surface area contributed by atoms with Crippen LogP contribution < -0.4 is 0 Å². The molecule has 4 heteroatoms. The standard InChI is InChI=1S/C13H15NO3/c15-11-12-10(6-7-17-12)14(13(11)16)8-9-4-2-1-3-5-9/h1-5,10-12,15H,6-8H2/t10-,11-,12+/m0/s1. The smallest absolute Gasteiger partial charge is 0.254 e. The highest BCUT2D eigenvalue weighted by molar-refractivity contribution is 5.84. The lowest BCUT2D eigenvalue weighted by molar-refractivity contribution is -0.138. The number of likely N-dealkylation sites (tertiary alicyclic amines) is 1. The largest absolute Gasteiger partial charge is 0.380 e. The molecule has 1 amide bonds. The second-order valence-corrected chi connectivity index (χ2v) is 4.59. The summed E-state index contributed by atoms with van der Waals surface area (Å²) in [6, 6.07) is 9.87. The van der Waals surface area contributed by atoms with E-state index >= 15 is 0 Å². The number of fused-ring (bicyclic) bond motifs is 1. The van der Waals surface area contributed by atoms with Crippen molar-refractivity contribution in [3.05, 3.63) is 35.9 Å². The Bertz CT molecular complexity index is 420. The molecule has 2 saturated heterocycles. The molecule has 1 aromatic rings. The van der Waals surface area contributed by atoms with E-state index in [0.29, 0.717) is 13.2 Å². The number of aliphatic hydroxyl groups excluding tert-OH is 1. The van der Waals surface area contributed by atoms with Crippen LogP contribution in [0.4, 0.5) is 0 Å². The summed E-state index contributed by atoms with van der Waals surface area (Å²) in [6.45, 7) is 1.19. The summed E-state index contributed by atoms with van der Waals surface area (Å²) < 4.78 is 5.41. The van der Waals surface area contributed by atoms with Crippen molar-refractivity contribution < 1.29 is 14.6 Å². The Balaban J connectivity index is 1.81. The SMILES string of the molecule is O=C1[C@@H](O)[C@@H]2OCC[C@@H]2N1Cc1ccccc1. The molecular weight excluding hydrogens is 218 g/mol. The molecule has 17 heavy (non-hydrogen) atoms. The topological polar surface area (TPSA) is 49.8 Å². The Labute approximate surface area is 99.8 Å². The molecule has 0 radical (unpaired) electrons. The number of nitrogens with zero attached hydrogens (tertiary/aromatic N) is 1. The molecule has 0 bridgehead atoms. The number of rotatable bonds is 2. The minimum Gasteiger partial charge on any atom is -0.380 e. The van der Waals surface area contributed by atoms with Crippen LogP contribution in [0, 0.1) is 0 Å². The average molecular weight is 233 g/mol. The fourth-order valence-corrected chi connectivity index (χ4v) is 2.68. The van der Waals surface area contributed by atoms with E-state index in [0.717, 1.165) is 12.0 Å². The Morgan fingerprint density at radius 3 is 2.88 bits per heavy atom. The molecular formula is C13H15NO3. The zero-order chi connectivity index (χ0) is 11.8. The first-order chi connectivity index (χ1) is 8.27. The van der Waals surface area contributed by atoms with E-state index in [4.69, 9.17) is 4.74 Å². The summed E-state index contributed by atoms with van der Waals surface area (Å²) in [7, 11) is 0. The Kier molecular flexibility index (Phi) is 2.61. The number of benzene rings is 1. The van der Waals surface area contributed by atoms with E-state index in [2.05, 4.69) is 0 Å². The number of carbonyl (C=O) groups is 1. The minimum atomic E-state index is -0.980. The molecule has 0 saturated carbocycles. The van der Waals surface area contributed by atoms with Crippen LogP contribution in [-0.4, -0.2) is 40.8 Å². The molecule has 0 spiro atoms. The Morgan fingerprint density at radius 2 is 2.12 bits per heavy atom. The summed E-state index contributed by atoms with van der Waals surface area (Å²) >= 11 is 0. The molecule has 2 aliphatic heterocycles. The summed E-state index contributed by atoms with van der Waals surface area (Å²) in [5.41, 5.74) is 1.08. The fraction of sp³-hybridized carbons (Fsp3) is 0.462. The molecule has 3 atom stereocenters. The van der Waals surface area contributed by atoms with Crippen molar-refractivity contribution in [1.82, 2.24) is 4.90 Å². The highest BCUT2D eigenvalue weighted by Gasteiger charge is 2.50. The molecule has 2 aliphatic rings. The van der Waals surface area contributed by atoms with Gasteiger partial charge in [-0.3, -0.25) is 4.79 Å². The third-order valence-corrected chi connectivity index (χ3v) is 3.55. The third-order valence-electron chi connectivity index (χ3n) is 3.55. The number of hydrogen-bond acceptors (Lipinski definition) is 3. The number of ether oxygens (including phenoxy) is 1. The van der Waals surface area contributed by atoms with E-state index in [1.807, 2.05) is 30.3 Å². The Hall–Kier alpha value is -1.39. The quantitative estimate of drug-likeness (QED) is 0.811. The number of aliphatic hydroxyl groups is 1. The van der Waals surface area contributed by atoms with Crippen molar-refractivity contribution in [2.24, 2.45) is 0 Å². The number of amides is 1. The van der Waals surface area contributed by atoms with Crippen molar-refractivity contribution in [1.29, 1.82) is 0 Å². The number of hydrogen-bond donors (Lipinski definition) is 1. The van der Waals surface area contributed by atoms with Gasteiger partial charge in [0.2, 0.25) is 0 Å². The van der Waals surface area contributed by atoms with Crippen molar-refractivity contribution in [3.8, 4) is 0 Å². The molecule has 3 rings (SSSR count). The Morgan fingerprint density at radius 1 is 1.35 bits per heavy atom. The second kappa shape index (κ2) is 4.13. The van der Waals surface area contributed by atoms with Gasteiger partial charge in [-0.1, -0.05) is 30.3 Å². The van der Waals surface area contributed by atoms with E-state index in [1.165, 1.54) is 0 Å². The lowest BCUT2D eigenvalue weighted by Crippen LogP contribution is -2.34. The predicted octanol–water partition coefficient (Wildman–Crippen LogP) is 0.547. The van der Waals surface area contributed by atoms with Gasteiger partial charge in [0.05, 0.1) is 6.04 Å². The molecule has 90 valence electrons. The molecule has 1 N–H and O–H groups in total. The minimum absolute atomic E-state index is 0.0395. The van der Waals surface area contributed by atoms with Gasteiger partial charge >= 0.3 is 0 Å². The van der Waals surface area contributed by atoms with Crippen molar-refractivity contribution in [3.63, 3.8) is 0 Å². The van der Waals surface area contributed by atoms with Gasteiger partial charge in [-0.15, -0.1) is 0 Å². The first kappa shape index (κ1) is 10.7. The van der Waals surface area contributed by atoms with Gasteiger partial charge in [0.25, 0.3) is 5.91 Å². The van der Waals surface area contributed by atoms with E-state index in [1.54, 1.807) is 4.90 Å². The first-order valence-electron chi connectivity index (χ1n) is 5.91. The van der Waals surface area contributed by atoms with Crippen LogP contribution in [0.5, 0.6) is 0 Å². The number of carbonyl (C=O) groups excluding carboxylic acids is 1. The first-order valence-corrected chi connectivity index (χ1v) is 5.91. The maximum Gasteiger partial charge on any atom is 0.254 e. The lowest BCUT2D eigenvalue weighted by Gasteiger charge is -2.22. The van der Waals surface area contributed by atoms with Crippen LogP contribution in [0.3, 0.4) is 0 Å². The van der Waals surface area contributed by atoms with Crippen LogP contribution in [0.25, 0.3) is 0 Å². The zero-order valence-corrected chi connectivity index (χ0v) is 9.45. The van der Waals surface area contributed by atoms with Crippen LogP contribution in [0.15, 0.2) is 30.3 Å². The molecule has 0 unspecified atom stereocenters. The summed E-state index contributed by atoms with van der Waals surface area (Å²) in [6.07, 6.45) is -0.488. The molecule has 0 aliphatic carbocycles. The lowest BCUT2D eigenvalue weighted by atomic mass is 10.1. The molecule has 0 aromatic heterocycles. The molecule has 4 nitrogen and oxygen atoms in total. The van der Waals surface area contributed by atoms with Crippen molar-refractivity contribution >= 4 is 5.91 Å². The maximum atomic E-state index is 11.9. The normalized spacial score (nSPS) is 31.9. The van der Waals surface area contributed by atoms with Crippen molar-refractivity contribution in [2.45, 2.75) is 31.2 Å². The van der Waals surface area contributed by atoms with Gasteiger partial charge in [0.15, 0.2) is 6.10 Å². The van der Waals surface area contributed by atoms with Gasteiger partial charge in [0.1, 0.15) is 6.10 Å². The molecule has 2 heterocycles. The zero-order valence-electron chi connectivity index (χ0n) is 9.45. The van der Waals surface area contributed by atoms with Crippen LogP contribution in [-0.2, 0) is 16.1 Å². The van der Waals surface area contributed by atoms with Gasteiger partial charge in [-0.25, -0.2) is 0 Å². The predicted molar refractivity (Wildman–Crippen MR) is 61.1 cm³/mol. The van der Waals surface area contributed by atoms with Gasteiger partial charge in [-0.2, -0.15) is 0 Å². The maximum absolute atomic E-state index is 11.9. The van der Waals surface area contributed by atoms with Gasteiger partial charge in [0, 0.05) is 13.2 Å². The highest BCUT2D eigenvalue weighted by Crippen LogP contribution is 2.31. The second-order valence-electron chi connectivity index (χ2n) is 4.59. The third kappa shape index (κ3) is 1.73. The van der Waals surface area contributed by atoms with E-state index in [9.17, 15) is 9.90 Å².